The zero-order valence-corrected chi connectivity index (χ0v) is 13.6. The first-order valence-electron chi connectivity index (χ1n) is 6.34. The molecule has 0 bridgehead atoms. The summed E-state index contributed by atoms with van der Waals surface area (Å²) >= 11 is 9.61. The van der Waals surface area contributed by atoms with Crippen molar-refractivity contribution in [2.24, 2.45) is 0 Å². The summed E-state index contributed by atoms with van der Waals surface area (Å²) < 4.78 is 6.10. The van der Waals surface area contributed by atoms with Crippen LogP contribution in [0.2, 0.25) is 5.02 Å². The van der Waals surface area contributed by atoms with Crippen LogP contribution in [-0.4, -0.2) is 5.16 Å². The number of anilines is 1. The predicted octanol–water partition coefficient (Wildman–Crippen LogP) is 5.32. The minimum absolute atomic E-state index is 0.297. The summed E-state index contributed by atoms with van der Waals surface area (Å²) in [6.07, 6.45) is 0. The Hall–Kier alpha value is -1.78. The summed E-state index contributed by atoms with van der Waals surface area (Å²) in [6, 6.07) is 13.5. The molecule has 0 radical (unpaired) electrons. The van der Waals surface area contributed by atoms with Crippen molar-refractivity contribution >= 4 is 33.4 Å². The molecule has 1 heterocycles. The number of rotatable bonds is 2. The van der Waals surface area contributed by atoms with Crippen LogP contribution in [-0.2, 0) is 0 Å². The molecule has 0 saturated carbocycles. The van der Waals surface area contributed by atoms with E-state index in [1.54, 1.807) is 0 Å². The highest BCUT2D eigenvalue weighted by Crippen LogP contribution is 2.40. The number of aryl methyl sites for hydroxylation is 1. The lowest BCUT2D eigenvalue weighted by Gasteiger charge is -2.07. The summed E-state index contributed by atoms with van der Waals surface area (Å²) in [5.74, 6) is 0.297. The summed E-state index contributed by atoms with van der Waals surface area (Å²) in [7, 11) is 0. The lowest BCUT2D eigenvalue weighted by molar-refractivity contribution is 0.439. The number of halogens is 2. The molecule has 21 heavy (non-hydrogen) atoms. The third-order valence-corrected chi connectivity index (χ3v) is 4.24. The number of hydrogen-bond donors (Lipinski definition) is 1. The van der Waals surface area contributed by atoms with Crippen molar-refractivity contribution in [2.45, 2.75) is 6.92 Å². The largest absolute Gasteiger partial charge is 0.367 e. The lowest BCUT2D eigenvalue weighted by atomic mass is 9.97. The first-order chi connectivity index (χ1) is 10.1. The first kappa shape index (κ1) is 14.2. The Morgan fingerprint density at radius 2 is 1.90 bits per heavy atom. The molecule has 0 aliphatic rings. The highest BCUT2D eigenvalue weighted by molar-refractivity contribution is 9.10. The number of benzene rings is 2. The quantitative estimate of drug-likeness (QED) is 0.671. The van der Waals surface area contributed by atoms with Gasteiger partial charge in [-0.25, -0.2) is 0 Å². The van der Waals surface area contributed by atoms with Crippen molar-refractivity contribution in [1.82, 2.24) is 5.16 Å². The van der Waals surface area contributed by atoms with Gasteiger partial charge in [-0.1, -0.05) is 57.0 Å². The Bertz CT molecular complexity index is 814. The van der Waals surface area contributed by atoms with Crippen molar-refractivity contribution in [2.75, 3.05) is 5.73 Å². The van der Waals surface area contributed by atoms with Crippen LogP contribution in [0.5, 0.6) is 0 Å². The van der Waals surface area contributed by atoms with E-state index in [4.69, 9.17) is 21.9 Å². The second kappa shape index (κ2) is 5.54. The number of nitrogen functional groups attached to an aromatic ring is 1. The van der Waals surface area contributed by atoms with Crippen molar-refractivity contribution in [3.05, 3.63) is 57.5 Å². The highest BCUT2D eigenvalue weighted by atomic mass is 79.9. The Morgan fingerprint density at radius 1 is 1.14 bits per heavy atom. The van der Waals surface area contributed by atoms with Crippen LogP contribution in [0.3, 0.4) is 0 Å². The van der Waals surface area contributed by atoms with Gasteiger partial charge in [0.2, 0.25) is 5.88 Å². The van der Waals surface area contributed by atoms with Gasteiger partial charge >= 0.3 is 0 Å². The van der Waals surface area contributed by atoms with Gasteiger partial charge in [0.25, 0.3) is 0 Å². The Morgan fingerprint density at radius 3 is 2.67 bits per heavy atom. The highest BCUT2D eigenvalue weighted by Gasteiger charge is 2.20. The fourth-order valence-corrected chi connectivity index (χ4v) is 2.89. The fraction of sp³-hybridized carbons (Fsp3) is 0.0625. The van der Waals surface area contributed by atoms with E-state index in [1.165, 1.54) is 0 Å². The van der Waals surface area contributed by atoms with Gasteiger partial charge in [0, 0.05) is 15.1 Å². The maximum absolute atomic E-state index is 6.09. The number of hydrogen-bond acceptors (Lipinski definition) is 3. The number of aromatic nitrogens is 1. The minimum atomic E-state index is 0.297. The molecule has 0 atom stereocenters. The lowest BCUT2D eigenvalue weighted by Crippen LogP contribution is -1.90. The first-order valence-corrected chi connectivity index (χ1v) is 7.51. The average Bonchev–Trinajstić information content (AvgIpc) is 2.84. The molecule has 5 heteroatoms. The van der Waals surface area contributed by atoms with Gasteiger partial charge < -0.3 is 10.3 Å². The molecule has 1 aromatic heterocycles. The van der Waals surface area contributed by atoms with Crippen molar-refractivity contribution in [3.8, 4) is 22.4 Å². The van der Waals surface area contributed by atoms with E-state index in [-0.39, 0.29) is 0 Å². The molecule has 2 aromatic carbocycles. The van der Waals surface area contributed by atoms with Crippen LogP contribution in [0.25, 0.3) is 22.4 Å². The van der Waals surface area contributed by atoms with E-state index in [2.05, 4.69) is 21.1 Å². The third kappa shape index (κ3) is 2.57. The van der Waals surface area contributed by atoms with E-state index in [9.17, 15) is 0 Å². The zero-order valence-electron chi connectivity index (χ0n) is 11.2. The molecule has 106 valence electrons. The third-order valence-electron chi connectivity index (χ3n) is 3.32. The molecule has 3 aromatic rings. The Balaban J connectivity index is 2.27. The maximum atomic E-state index is 6.09. The summed E-state index contributed by atoms with van der Waals surface area (Å²) in [5.41, 5.74) is 10.4. The van der Waals surface area contributed by atoms with Crippen LogP contribution in [0, 0.1) is 6.92 Å². The van der Waals surface area contributed by atoms with Crippen LogP contribution in [0.15, 0.2) is 51.5 Å². The minimum Gasteiger partial charge on any atom is -0.367 e. The summed E-state index contributed by atoms with van der Waals surface area (Å²) in [4.78, 5) is 0. The summed E-state index contributed by atoms with van der Waals surface area (Å²) in [6.45, 7) is 2.03. The van der Waals surface area contributed by atoms with E-state index >= 15 is 0 Å². The van der Waals surface area contributed by atoms with E-state index < -0.39 is 0 Å². The second-order valence-corrected chi connectivity index (χ2v) is 6.00. The Labute approximate surface area is 135 Å². The van der Waals surface area contributed by atoms with Crippen molar-refractivity contribution in [1.29, 1.82) is 0 Å². The molecule has 0 amide bonds. The van der Waals surface area contributed by atoms with Crippen molar-refractivity contribution < 1.29 is 4.52 Å². The van der Waals surface area contributed by atoms with Gasteiger partial charge in [-0.2, -0.15) is 0 Å². The normalized spacial score (nSPS) is 10.8. The molecule has 0 spiro atoms. The summed E-state index contributed by atoms with van der Waals surface area (Å²) in [5, 5.41) is 4.75. The van der Waals surface area contributed by atoms with Gasteiger partial charge in [0.1, 0.15) is 5.69 Å². The van der Waals surface area contributed by atoms with Gasteiger partial charge in [-0.15, -0.1) is 0 Å². The van der Waals surface area contributed by atoms with E-state index in [1.807, 2.05) is 49.4 Å². The van der Waals surface area contributed by atoms with E-state index in [0.717, 1.165) is 26.7 Å². The monoisotopic (exact) mass is 362 g/mol. The van der Waals surface area contributed by atoms with Gasteiger partial charge in [-0.05, 0) is 36.2 Å². The number of nitrogens with zero attached hydrogens (tertiary/aromatic N) is 1. The zero-order chi connectivity index (χ0) is 15.0. The Kier molecular flexibility index (Phi) is 3.74. The fourth-order valence-electron chi connectivity index (χ4n) is 2.28. The average molecular weight is 364 g/mol. The van der Waals surface area contributed by atoms with Gasteiger partial charge in [-0.3, -0.25) is 0 Å². The van der Waals surface area contributed by atoms with Gasteiger partial charge in [0.15, 0.2) is 0 Å². The van der Waals surface area contributed by atoms with Crippen LogP contribution in [0.1, 0.15) is 5.56 Å². The van der Waals surface area contributed by atoms with Crippen LogP contribution < -0.4 is 5.73 Å². The molecule has 0 saturated heterocycles. The molecule has 0 unspecified atom stereocenters. The topological polar surface area (TPSA) is 52.0 Å². The molecular weight excluding hydrogens is 352 g/mol. The predicted molar refractivity (Wildman–Crippen MR) is 89.2 cm³/mol. The molecule has 0 aliphatic carbocycles. The maximum Gasteiger partial charge on any atom is 0.230 e. The van der Waals surface area contributed by atoms with Gasteiger partial charge in [0.05, 0.1) is 5.56 Å². The van der Waals surface area contributed by atoms with Crippen LogP contribution >= 0.6 is 27.5 Å². The molecule has 0 aliphatic heterocycles. The number of nitrogens with two attached hydrogens (primary N) is 1. The molecular formula is C16H12BrClN2O. The van der Waals surface area contributed by atoms with Crippen molar-refractivity contribution in [3.63, 3.8) is 0 Å². The SMILES string of the molecule is Cc1ccccc1-c1c(-c2cc(Cl)ccc2Br)noc1N. The molecule has 3 rings (SSSR count). The molecule has 2 N–H and O–H groups in total. The standard InChI is InChI=1S/C16H12BrClN2O/c1-9-4-2-3-5-11(9)14-15(20-21-16(14)19)12-8-10(18)6-7-13(12)17/h2-8H,19H2,1H3. The molecule has 3 nitrogen and oxygen atoms in total. The molecule has 0 fully saturated rings. The van der Waals surface area contributed by atoms with E-state index in [0.29, 0.717) is 16.6 Å². The van der Waals surface area contributed by atoms with Crippen LogP contribution in [0.4, 0.5) is 5.88 Å². The smallest absolute Gasteiger partial charge is 0.230 e. The second-order valence-electron chi connectivity index (χ2n) is 4.71.